The van der Waals surface area contributed by atoms with Crippen molar-refractivity contribution in [2.24, 2.45) is 4.99 Å². The lowest BCUT2D eigenvalue weighted by atomic mass is 10.1. The number of carbonyl (C=O) groups excluding carboxylic acids is 2. The van der Waals surface area contributed by atoms with Crippen LogP contribution in [0.4, 0.5) is 11.4 Å². The van der Waals surface area contributed by atoms with Crippen molar-refractivity contribution in [3.05, 3.63) is 98.9 Å². The standard InChI is InChI=1S/C29H26ClN3O3S2/c1-3-32-23-18-21(30)12-15-24(23)37-27(32)25-26(34)33(17-16-19-8-6-5-7-9-19)29(38-25)31-22-13-10-20(11-14-22)28(35)36-4-2/h5-15,18H,3-4,16-17H2,1-2H3. The molecular weight excluding hydrogens is 538 g/mol. The molecule has 3 aromatic carbocycles. The van der Waals surface area contributed by atoms with Crippen LogP contribution in [0.5, 0.6) is 0 Å². The van der Waals surface area contributed by atoms with Gasteiger partial charge in [-0.15, -0.1) is 0 Å². The van der Waals surface area contributed by atoms with Crippen LogP contribution in [0, 0.1) is 0 Å². The monoisotopic (exact) mass is 563 g/mol. The number of esters is 1. The molecule has 2 heterocycles. The van der Waals surface area contributed by atoms with E-state index in [1.807, 2.05) is 36.4 Å². The van der Waals surface area contributed by atoms with Gasteiger partial charge in [0.25, 0.3) is 5.91 Å². The van der Waals surface area contributed by atoms with Gasteiger partial charge in [-0.2, -0.15) is 0 Å². The van der Waals surface area contributed by atoms with Crippen molar-refractivity contribution in [2.75, 3.05) is 24.6 Å². The first kappa shape index (κ1) is 26.4. The Labute approximate surface area is 235 Å². The van der Waals surface area contributed by atoms with Gasteiger partial charge in [0, 0.05) is 23.0 Å². The van der Waals surface area contributed by atoms with E-state index in [9.17, 15) is 9.59 Å². The van der Waals surface area contributed by atoms with Crippen LogP contribution >= 0.6 is 35.1 Å². The molecule has 0 atom stereocenters. The van der Waals surface area contributed by atoms with Gasteiger partial charge in [-0.25, -0.2) is 9.79 Å². The van der Waals surface area contributed by atoms with E-state index in [0.717, 1.165) is 21.2 Å². The van der Waals surface area contributed by atoms with Crippen LogP contribution in [0.2, 0.25) is 5.02 Å². The summed E-state index contributed by atoms with van der Waals surface area (Å²) in [5.74, 6) is -0.432. The highest BCUT2D eigenvalue weighted by Gasteiger charge is 2.39. The van der Waals surface area contributed by atoms with E-state index in [1.165, 1.54) is 11.8 Å². The fourth-order valence-electron chi connectivity index (χ4n) is 4.24. The molecule has 1 fully saturated rings. The number of rotatable bonds is 7. The fourth-order valence-corrected chi connectivity index (χ4v) is 6.80. The maximum absolute atomic E-state index is 13.8. The summed E-state index contributed by atoms with van der Waals surface area (Å²) in [6, 6.07) is 22.8. The second kappa shape index (κ2) is 11.7. The van der Waals surface area contributed by atoms with E-state index < -0.39 is 0 Å². The lowest BCUT2D eigenvalue weighted by Gasteiger charge is -2.19. The number of hydrogen-bond acceptors (Lipinski definition) is 7. The third kappa shape index (κ3) is 5.48. The Morgan fingerprint density at radius 2 is 1.74 bits per heavy atom. The number of anilines is 1. The molecule has 1 saturated heterocycles. The van der Waals surface area contributed by atoms with Crippen LogP contribution in [0.1, 0.15) is 29.8 Å². The summed E-state index contributed by atoms with van der Waals surface area (Å²) in [6.07, 6.45) is 0.705. The lowest BCUT2D eigenvalue weighted by molar-refractivity contribution is -0.122. The highest BCUT2D eigenvalue weighted by Crippen LogP contribution is 2.51. The Morgan fingerprint density at radius 1 is 0.974 bits per heavy atom. The number of carbonyl (C=O) groups is 2. The lowest BCUT2D eigenvalue weighted by Crippen LogP contribution is -2.32. The average Bonchev–Trinajstić information content (AvgIpc) is 3.44. The van der Waals surface area contributed by atoms with Crippen LogP contribution in [-0.2, 0) is 16.0 Å². The van der Waals surface area contributed by atoms with Crippen molar-refractivity contribution < 1.29 is 14.3 Å². The molecule has 1 amide bonds. The minimum absolute atomic E-state index is 0.0623. The number of hydrogen-bond donors (Lipinski definition) is 0. The Kier molecular flexibility index (Phi) is 8.12. The van der Waals surface area contributed by atoms with Crippen LogP contribution < -0.4 is 4.90 Å². The average molecular weight is 564 g/mol. The molecule has 3 aromatic rings. The van der Waals surface area contributed by atoms with Crippen molar-refractivity contribution in [1.29, 1.82) is 0 Å². The summed E-state index contributed by atoms with van der Waals surface area (Å²) in [5, 5.41) is 2.17. The molecule has 0 aromatic heterocycles. The third-order valence-electron chi connectivity index (χ3n) is 6.11. The smallest absolute Gasteiger partial charge is 0.338 e. The number of thioether (sulfide) groups is 2. The Balaban J connectivity index is 1.49. The molecule has 0 saturated carbocycles. The molecule has 9 heteroatoms. The number of fused-ring (bicyclic) bond motifs is 1. The van der Waals surface area contributed by atoms with Gasteiger partial charge in [0.05, 0.1) is 23.5 Å². The molecule has 38 heavy (non-hydrogen) atoms. The van der Waals surface area contributed by atoms with E-state index in [1.54, 1.807) is 47.9 Å². The normalized spacial score (nSPS) is 17.9. The summed E-state index contributed by atoms with van der Waals surface area (Å²) in [7, 11) is 0. The molecule has 2 aliphatic rings. The maximum atomic E-state index is 13.8. The fraction of sp³-hybridized carbons (Fsp3) is 0.207. The minimum Gasteiger partial charge on any atom is -0.462 e. The molecule has 6 nitrogen and oxygen atoms in total. The molecule has 0 unspecified atom stereocenters. The van der Waals surface area contributed by atoms with Gasteiger partial charge in [0.1, 0.15) is 9.93 Å². The molecular formula is C29H26ClN3O3S2. The van der Waals surface area contributed by atoms with Gasteiger partial charge in [-0.3, -0.25) is 9.69 Å². The Morgan fingerprint density at radius 3 is 2.45 bits per heavy atom. The minimum atomic E-state index is -0.369. The summed E-state index contributed by atoms with van der Waals surface area (Å²) in [4.78, 5) is 36.3. The van der Waals surface area contributed by atoms with Gasteiger partial charge < -0.3 is 9.64 Å². The molecule has 0 spiro atoms. The molecule has 2 aliphatic heterocycles. The number of aliphatic imine (C=N–C) groups is 1. The Hall–Kier alpha value is -3.20. The zero-order valence-electron chi connectivity index (χ0n) is 21.0. The predicted molar refractivity (Wildman–Crippen MR) is 156 cm³/mol. The van der Waals surface area contributed by atoms with Gasteiger partial charge in [0.2, 0.25) is 0 Å². The zero-order valence-corrected chi connectivity index (χ0v) is 23.4. The second-order valence-corrected chi connectivity index (χ2v) is 11.0. The molecule has 0 aliphatic carbocycles. The quantitative estimate of drug-likeness (QED) is 0.225. The third-order valence-corrected chi connectivity index (χ3v) is 8.72. The van der Waals surface area contributed by atoms with E-state index in [-0.39, 0.29) is 11.9 Å². The number of amides is 1. The predicted octanol–water partition coefficient (Wildman–Crippen LogP) is 7.12. The number of benzene rings is 3. The number of nitrogens with zero attached hydrogens (tertiary/aromatic N) is 3. The SMILES string of the molecule is CCOC(=O)c1ccc(N=C2SC(=C3Sc4ccc(Cl)cc4N3CC)C(=O)N2CCc2ccccc2)cc1. The van der Waals surface area contributed by atoms with Crippen LogP contribution in [0.25, 0.3) is 0 Å². The van der Waals surface area contributed by atoms with Gasteiger partial charge in [-0.05, 0) is 80.1 Å². The first-order valence-corrected chi connectivity index (χ1v) is 14.4. The summed E-state index contributed by atoms with van der Waals surface area (Å²) in [6.45, 7) is 5.37. The van der Waals surface area contributed by atoms with Crippen LogP contribution in [0.15, 0.2) is 92.6 Å². The van der Waals surface area contributed by atoms with Crippen LogP contribution in [0.3, 0.4) is 0 Å². The van der Waals surface area contributed by atoms with Crippen molar-refractivity contribution in [3.63, 3.8) is 0 Å². The molecule has 0 radical (unpaired) electrons. The van der Waals surface area contributed by atoms with Crippen molar-refractivity contribution in [3.8, 4) is 0 Å². The summed E-state index contributed by atoms with van der Waals surface area (Å²) in [5.41, 5.74) is 3.28. The first-order chi connectivity index (χ1) is 18.5. The number of amidine groups is 1. The molecule has 0 bridgehead atoms. The molecule has 5 rings (SSSR count). The topological polar surface area (TPSA) is 62.2 Å². The highest BCUT2D eigenvalue weighted by molar-refractivity contribution is 8.19. The summed E-state index contributed by atoms with van der Waals surface area (Å²) < 4.78 is 5.08. The van der Waals surface area contributed by atoms with E-state index >= 15 is 0 Å². The zero-order chi connectivity index (χ0) is 26.6. The van der Waals surface area contributed by atoms with Crippen LogP contribution in [-0.4, -0.2) is 41.6 Å². The Bertz CT molecular complexity index is 1420. The van der Waals surface area contributed by atoms with E-state index in [0.29, 0.717) is 52.5 Å². The maximum Gasteiger partial charge on any atom is 0.338 e. The second-order valence-electron chi connectivity index (χ2n) is 8.55. The van der Waals surface area contributed by atoms with Crippen molar-refractivity contribution in [1.82, 2.24) is 4.90 Å². The van der Waals surface area contributed by atoms with Gasteiger partial charge in [-0.1, -0.05) is 53.7 Å². The number of halogens is 1. The summed E-state index contributed by atoms with van der Waals surface area (Å²) >= 11 is 9.26. The first-order valence-electron chi connectivity index (χ1n) is 12.4. The van der Waals surface area contributed by atoms with E-state index in [4.69, 9.17) is 21.3 Å². The van der Waals surface area contributed by atoms with E-state index in [2.05, 4.69) is 24.0 Å². The largest absolute Gasteiger partial charge is 0.462 e. The highest BCUT2D eigenvalue weighted by atomic mass is 35.5. The van der Waals surface area contributed by atoms with Crippen molar-refractivity contribution >= 4 is 63.5 Å². The molecule has 0 N–H and O–H groups in total. The van der Waals surface area contributed by atoms with Gasteiger partial charge >= 0.3 is 5.97 Å². The van der Waals surface area contributed by atoms with Gasteiger partial charge in [0.15, 0.2) is 5.17 Å². The molecule has 194 valence electrons. The number of ether oxygens (including phenoxy) is 1. The van der Waals surface area contributed by atoms with Crippen molar-refractivity contribution in [2.45, 2.75) is 25.2 Å².